The molecule has 0 amide bonds. The lowest BCUT2D eigenvalue weighted by atomic mass is 10.1. The van der Waals surface area contributed by atoms with Gasteiger partial charge in [0.25, 0.3) is 0 Å². The molecule has 1 nitrogen and oxygen atoms in total. The van der Waals surface area contributed by atoms with Crippen LogP contribution >= 0.6 is 15.1 Å². The van der Waals surface area contributed by atoms with E-state index < -0.39 is 15.1 Å². The monoisotopic (exact) mass is 444 g/mol. The zero-order valence-corrected chi connectivity index (χ0v) is 20.3. The van der Waals surface area contributed by atoms with Gasteiger partial charge in [-0.05, 0) is 72.3 Å². The highest BCUT2D eigenvalue weighted by atomic mass is 31.2. The van der Waals surface area contributed by atoms with Gasteiger partial charge in [0.05, 0.1) is 0 Å². The van der Waals surface area contributed by atoms with Crippen molar-refractivity contribution in [3.8, 4) is 0 Å². The lowest BCUT2D eigenvalue weighted by molar-refractivity contribution is 0.589. The van der Waals surface area contributed by atoms with E-state index >= 15 is 0 Å². The van der Waals surface area contributed by atoms with Gasteiger partial charge in [0.1, 0.15) is 7.14 Å². The molecule has 0 aliphatic heterocycles. The Morgan fingerprint density at radius 1 is 0.903 bits per heavy atom. The number of allylic oxidation sites excluding steroid dienone is 6. The van der Waals surface area contributed by atoms with Gasteiger partial charge < -0.3 is 4.57 Å². The first-order chi connectivity index (χ1) is 15.0. The van der Waals surface area contributed by atoms with Crippen LogP contribution < -0.4 is 10.6 Å². The molecule has 0 heterocycles. The molecule has 0 aliphatic rings. The van der Waals surface area contributed by atoms with E-state index in [1.807, 2.05) is 37.4 Å². The Morgan fingerprint density at radius 2 is 1.61 bits per heavy atom. The van der Waals surface area contributed by atoms with E-state index in [1.54, 1.807) is 0 Å². The predicted octanol–water partition coefficient (Wildman–Crippen LogP) is 8.16. The molecular weight excluding hydrogens is 414 g/mol. The van der Waals surface area contributed by atoms with Crippen LogP contribution in [0.15, 0.2) is 120 Å². The topological polar surface area (TPSA) is 17.1 Å². The Kier molecular flexibility index (Phi) is 8.42. The molecule has 3 aromatic rings. The van der Waals surface area contributed by atoms with Gasteiger partial charge in [-0.25, -0.2) is 0 Å². The maximum Gasteiger partial charge on any atom is 0.126 e. The van der Waals surface area contributed by atoms with Crippen LogP contribution in [0.4, 0.5) is 0 Å². The van der Waals surface area contributed by atoms with Crippen LogP contribution in [-0.4, -0.2) is 6.66 Å². The Balaban J connectivity index is 2.09. The van der Waals surface area contributed by atoms with Gasteiger partial charge in [0.15, 0.2) is 0 Å². The SMILES string of the molecule is C\C=C/C(=C\C=C\P(C)(=O)/C=C/CC)P(c1ccccc1)c1ccc2ccccc2c1. The molecule has 0 radical (unpaired) electrons. The van der Waals surface area contributed by atoms with Crippen molar-refractivity contribution < 1.29 is 4.57 Å². The first-order valence-corrected chi connectivity index (χ1v) is 14.3. The van der Waals surface area contributed by atoms with E-state index in [0.29, 0.717) is 0 Å². The first kappa shape index (κ1) is 23.2. The summed E-state index contributed by atoms with van der Waals surface area (Å²) in [6.07, 6.45) is 11.2. The van der Waals surface area contributed by atoms with Gasteiger partial charge in [0, 0.05) is 0 Å². The highest BCUT2D eigenvalue weighted by Crippen LogP contribution is 2.46. The van der Waals surface area contributed by atoms with Gasteiger partial charge in [0.2, 0.25) is 0 Å². The largest absolute Gasteiger partial charge is 0.315 e. The number of hydrogen-bond acceptors (Lipinski definition) is 1. The van der Waals surface area contributed by atoms with E-state index in [-0.39, 0.29) is 0 Å². The minimum absolute atomic E-state index is 0.736. The molecule has 158 valence electrons. The minimum atomic E-state index is -2.41. The molecule has 3 rings (SSSR count). The van der Waals surface area contributed by atoms with Crippen molar-refractivity contribution in [1.29, 1.82) is 0 Å². The lowest BCUT2D eigenvalue weighted by Crippen LogP contribution is -2.12. The maximum atomic E-state index is 12.8. The summed E-state index contributed by atoms with van der Waals surface area (Å²) in [5.74, 6) is 3.69. The Morgan fingerprint density at radius 3 is 2.32 bits per heavy atom. The van der Waals surface area contributed by atoms with E-state index in [9.17, 15) is 4.57 Å². The summed E-state index contributed by atoms with van der Waals surface area (Å²) in [5.41, 5.74) is 0. The first-order valence-electron chi connectivity index (χ1n) is 10.6. The Labute approximate surface area is 188 Å². The molecule has 0 saturated heterocycles. The number of rotatable bonds is 8. The van der Waals surface area contributed by atoms with Gasteiger partial charge in [-0.15, -0.1) is 0 Å². The van der Waals surface area contributed by atoms with Crippen molar-refractivity contribution in [2.24, 2.45) is 0 Å². The van der Waals surface area contributed by atoms with Crippen molar-refractivity contribution in [2.45, 2.75) is 20.3 Å². The third-order valence-electron chi connectivity index (χ3n) is 4.89. The van der Waals surface area contributed by atoms with Crippen molar-refractivity contribution >= 4 is 36.4 Å². The van der Waals surface area contributed by atoms with Gasteiger partial charge in [-0.3, -0.25) is 0 Å². The van der Waals surface area contributed by atoms with Crippen LogP contribution in [0.5, 0.6) is 0 Å². The van der Waals surface area contributed by atoms with Crippen LogP contribution in [0.1, 0.15) is 20.3 Å². The van der Waals surface area contributed by atoms with Gasteiger partial charge >= 0.3 is 0 Å². The fourth-order valence-corrected chi connectivity index (χ4v) is 6.94. The summed E-state index contributed by atoms with van der Waals surface area (Å²) in [5, 5.41) is 6.34. The van der Waals surface area contributed by atoms with E-state index in [0.717, 1.165) is 6.42 Å². The fraction of sp³-hybridized carbons (Fsp3) is 0.143. The second-order valence-corrected chi connectivity index (χ2v) is 12.4. The van der Waals surface area contributed by atoms with Crippen molar-refractivity contribution in [3.63, 3.8) is 0 Å². The Hall–Kier alpha value is -2.46. The van der Waals surface area contributed by atoms with Gasteiger partial charge in [-0.1, -0.05) is 104 Å². The quantitative estimate of drug-likeness (QED) is 0.253. The molecule has 2 atom stereocenters. The average Bonchev–Trinajstić information content (AvgIpc) is 2.78. The molecule has 0 bridgehead atoms. The van der Waals surface area contributed by atoms with Crippen molar-refractivity contribution in [2.75, 3.05) is 6.66 Å². The summed E-state index contributed by atoms with van der Waals surface area (Å²) in [7, 11) is -3.15. The second-order valence-electron chi connectivity index (χ2n) is 7.49. The summed E-state index contributed by atoms with van der Waals surface area (Å²) in [6.45, 7) is 5.91. The smallest absolute Gasteiger partial charge is 0.126 e. The van der Waals surface area contributed by atoms with Crippen LogP contribution in [-0.2, 0) is 4.57 Å². The lowest BCUT2D eigenvalue weighted by Gasteiger charge is -2.20. The van der Waals surface area contributed by atoms with E-state index in [1.165, 1.54) is 26.7 Å². The van der Waals surface area contributed by atoms with Crippen molar-refractivity contribution in [3.05, 3.63) is 120 Å². The highest BCUT2D eigenvalue weighted by Gasteiger charge is 2.17. The fourth-order valence-electron chi connectivity index (χ4n) is 3.39. The number of hydrogen-bond donors (Lipinski definition) is 0. The zero-order valence-electron chi connectivity index (χ0n) is 18.5. The van der Waals surface area contributed by atoms with Crippen LogP contribution in [0.3, 0.4) is 0 Å². The minimum Gasteiger partial charge on any atom is -0.315 e. The van der Waals surface area contributed by atoms with E-state index in [4.69, 9.17) is 0 Å². The molecular formula is C28H30OP2. The Bertz CT molecular complexity index is 1170. The van der Waals surface area contributed by atoms with Gasteiger partial charge in [-0.2, -0.15) is 0 Å². The normalized spacial score (nSPS) is 15.8. The third kappa shape index (κ3) is 6.51. The molecule has 3 heteroatoms. The standard InChI is InChI=1S/C28H30OP2/c1-4-6-21-31(3,29)22-12-18-26(13-5-2)30(27-16-8-7-9-17-27)28-20-19-24-14-10-11-15-25(24)23-28/h5-23H,4H2,1-3H3/b13-5-,21-6+,22-12+,26-18+. The molecule has 0 aromatic heterocycles. The van der Waals surface area contributed by atoms with Crippen LogP contribution in [0, 0.1) is 0 Å². The maximum absolute atomic E-state index is 12.8. The highest BCUT2D eigenvalue weighted by molar-refractivity contribution is 7.77. The molecule has 0 aliphatic carbocycles. The van der Waals surface area contributed by atoms with Crippen molar-refractivity contribution in [1.82, 2.24) is 0 Å². The average molecular weight is 444 g/mol. The summed E-state index contributed by atoms with van der Waals surface area (Å²) in [6, 6.07) is 25.9. The second kappa shape index (κ2) is 11.2. The molecule has 0 spiro atoms. The number of fused-ring (bicyclic) bond motifs is 1. The third-order valence-corrected chi connectivity index (χ3v) is 8.88. The molecule has 31 heavy (non-hydrogen) atoms. The van der Waals surface area contributed by atoms with Crippen LogP contribution in [0.25, 0.3) is 10.8 Å². The number of benzene rings is 3. The van der Waals surface area contributed by atoms with Crippen LogP contribution in [0.2, 0.25) is 0 Å². The summed E-state index contributed by atoms with van der Waals surface area (Å²) >= 11 is 0. The summed E-state index contributed by atoms with van der Waals surface area (Å²) in [4.78, 5) is 0. The summed E-state index contributed by atoms with van der Waals surface area (Å²) < 4.78 is 12.8. The van der Waals surface area contributed by atoms with E-state index in [2.05, 4.69) is 97.9 Å². The molecule has 0 fully saturated rings. The molecule has 3 aromatic carbocycles. The molecule has 0 N–H and O–H groups in total. The zero-order chi connectivity index (χ0) is 22.1. The molecule has 2 unspecified atom stereocenters. The molecule has 0 saturated carbocycles. The predicted molar refractivity (Wildman–Crippen MR) is 142 cm³/mol.